The van der Waals surface area contributed by atoms with Gasteiger partial charge in [-0.2, -0.15) is 0 Å². The number of hydrogen-bond donors (Lipinski definition) is 1. The number of ether oxygens (including phenoxy) is 2. The molecule has 0 aliphatic carbocycles. The normalized spacial score (nSPS) is 10.4. The molecule has 4 nitrogen and oxygen atoms in total. The number of halogens is 2. The van der Waals surface area contributed by atoms with E-state index in [2.05, 4.69) is 5.32 Å². The monoisotopic (exact) mass is 383 g/mol. The number of rotatable bonds is 7. The van der Waals surface area contributed by atoms with Gasteiger partial charge in [-0.15, -0.1) is 0 Å². The van der Waals surface area contributed by atoms with Crippen molar-refractivity contribution in [3.63, 3.8) is 0 Å². The fourth-order valence-electron chi connectivity index (χ4n) is 2.54. The highest BCUT2D eigenvalue weighted by Gasteiger charge is 2.10. The molecule has 3 aromatic carbocycles. The van der Waals surface area contributed by atoms with Gasteiger partial charge in [0.1, 0.15) is 18.2 Å². The molecule has 0 unspecified atom stereocenters. The van der Waals surface area contributed by atoms with E-state index in [1.54, 1.807) is 24.3 Å². The van der Waals surface area contributed by atoms with Crippen LogP contribution in [0.2, 0.25) is 0 Å². The van der Waals surface area contributed by atoms with Crippen molar-refractivity contribution in [2.45, 2.75) is 13.2 Å². The third-order valence-electron chi connectivity index (χ3n) is 4.11. The van der Waals surface area contributed by atoms with Gasteiger partial charge in [0.25, 0.3) is 5.91 Å². The SMILES string of the molecule is COc1ccc(C(=O)NCc2ccc(OCc3ccc(F)cc3)cc2)cc1F. The van der Waals surface area contributed by atoms with E-state index in [4.69, 9.17) is 9.47 Å². The molecule has 0 aliphatic heterocycles. The Hall–Kier alpha value is -3.41. The summed E-state index contributed by atoms with van der Waals surface area (Å²) in [6, 6.07) is 17.4. The van der Waals surface area contributed by atoms with Gasteiger partial charge in [0.15, 0.2) is 11.6 Å². The summed E-state index contributed by atoms with van der Waals surface area (Å²) in [6.07, 6.45) is 0. The second-order valence-electron chi connectivity index (χ2n) is 6.09. The van der Waals surface area contributed by atoms with Gasteiger partial charge < -0.3 is 14.8 Å². The Morgan fingerprint density at radius 2 is 1.61 bits per heavy atom. The van der Waals surface area contributed by atoms with E-state index in [0.29, 0.717) is 18.9 Å². The largest absolute Gasteiger partial charge is 0.494 e. The number of benzene rings is 3. The first-order valence-electron chi connectivity index (χ1n) is 8.63. The molecule has 0 aromatic heterocycles. The molecule has 0 bridgehead atoms. The van der Waals surface area contributed by atoms with E-state index < -0.39 is 5.82 Å². The molecule has 1 N–H and O–H groups in total. The Bertz CT molecular complexity index is 941. The van der Waals surface area contributed by atoms with Gasteiger partial charge in [-0.1, -0.05) is 24.3 Å². The highest BCUT2D eigenvalue weighted by molar-refractivity contribution is 5.94. The number of carbonyl (C=O) groups excluding carboxylic acids is 1. The molecule has 28 heavy (non-hydrogen) atoms. The summed E-state index contributed by atoms with van der Waals surface area (Å²) in [5.41, 5.74) is 1.96. The maximum atomic E-state index is 13.7. The summed E-state index contributed by atoms with van der Waals surface area (Å²) in [5, 5.41) is 2.74. The molecule has 6 heteroatoms. The molecule has 0 aliphatic rings. The zero-order chi connectivity index (χ0) is 19.9. The predicted octanol–water partition coefficient (Wildman–Crippen LogP) is 4.48. The molecule has 0 spiro atoms. The highest BCUT2D eigenvalue weighted by atomic mass is 19.1. The van der Waals surface area contributed by atoms with E-state index in [1.807, 2.05) is 12.1 Å². The number of methoxy groups -OCH3 is 1. The summed E-state index contributed by atoms with van der Waals surface area (Å²) in [5.74, 6) is -0.493. The van der Waals surface area contributed by atoms with Crippen molar-refractivity contribution >= 4 is 5.91 Å². The maximum absolute atomic E-state index is 13.7. The van der Waals surface area contributed by atoms with Crippen LogP contribution < -0.4 is 14.8 Å². The lowest BCUT2D eigenvalue weighted by Crippen LogP contribution is -2.22. The molecule has 144 valence electrons. The summed E-state index contributed by atoms with van der Waals surface area (Å²) in [6.45, 7) is 0.629. The Labute approximate surface area is 161 Å². The summed E-state index contributed by atoms with van der Waals surface area (Å²) in [4.78, 5) is 12.2. The topological polar surface area (TPSA) is 47.6 Å². The number of nitrogens with one attached hydrogen (secondary N) is 1. The predicted molar refractivity (Wildman–Crippen MR) is 101 cm³/mol. The van der Waals surface area contributed by atoms with Gasteiger partial charge in [0.05, 0.1) is 7.11 Å². The Morgan fingerprint density at radius 3 is 2.25 bits per heavy atom. The zero-order valence-corrected chi connectivity index (χ0v) is 15.2. The van der Waals surface area contributed by atoms with Crippen LogP contribution in [0, 0.1) is 11.6 Å². The van der Waals surface area contributed by atoms with Crippen molar-refractivity contribution in [3.8, 4) is 11.5 Å². The quantitative estimate of drug-likeness (QED) is 0.654. The molecule has 3 aromatic rings. The van der Waals surface area contributed by atoms with Crippen molar-refractivity contribution < 1.29 is 23.0 Å². The molecule has 0 atom stereocenters. The zero-order valence-electron chi connectivity index (χ0n) is 15.2. The highest BCUT2D eigenvalue weighted by Crippen LogP contribution is 2.18. The molecule has 0 fully saturated rings. The van der Waals surface area contributed by atoms with Crippen LogP contribution in [0.4, 0.5) is 8.78 Å². The molecule has 0 saturated carbocycles. The van der Waals surface area contributed by atoms with E-state index in [9.17, 15) is 13.6 Å². The third-order valence-corrected chi connectivity index (χ3v) is 4.11. The Morgan fingerprint density at radius 1 is 0.929 bits per heavy atom. The van der Waals surface area contributed by atoms with E-state index >= 15 is 0 Å². The van der Waals surface area contributed by atoms with E-state index in [-0.39, 0.29) is 23.0 Å². The van der Waals surface area contributed by atoms with E-state index in [0.717, 1.165) is 17.2 Å². The molecule has 0 saturated heterocycles. The summed E-state index contributed by atoms with van der Waals surface area (Å²) >= 11 is 0. The van der Waals surface area contributed by atoms with Crippen molar-refractivity contribution in [1.82, 2.24) is 5.32 Å². The lowest BCUT2D eigenvalue weighted by Gasteiger charge is -2.09. The van der Waals surface area contributed by atoms with Gasteiger partial charge in [-0.25, -0.2) is 8.78 Å². The van der Waals surface area contributed by atoms with Gasteiger partial charge >= 0.3 is 0 Å². The van der Waals surface area contributed by atoms with Crippen LogP contribution in [0.25, 0.3) is 0 Å². The van der Waals surface area contributed by atoms with Gasteiger partial charge in [-0.3, -0.25) is 4.79 Å². The van der Waals surface area contributed by atoms with Gasteiger partial charge in [0, 0.05) is 12.1 Å². The molecule has 0 heterocycles. The number of carbonyl (C=O) groups is 1. The Kier molecular flexibility index (Phi) is 6.22. The van der Waals surface area contributed by atoms with Crippen LogP contribution in [0.3, 0.4) is 0 Å². The minimum Gasteiger partial charge on any atom is -0.494 e. The average Bonchev–Trinajstić information content (AvgIpc) is 2.72. The molecular formula is C22H19F2NO3. The molecular weight excluding hydrogens is 364 g/mol. The Balaban J connectivity index is 1.51. The van der Waals surface area contributed by atoms with Crippen LogP contribution in [0.5, 0.6) is 11.5 Å². The van der Waals surface area contributed by atoms with Crippen LogP contribution in [0.1, 0.15) is 21.5 Å². The lowest BCUT2D eigenvalue weighted by atomic mass is 10.1. The first kappa shape index (κ1) is 19.4. The second kappa shape index (κ2) is 8.99. The number of amides is 1. The summed E-state index contributed by atoms with van der Waals surface area (Å²) in [7, 11) is 1.37. The smallest absolute Gasteiger partial charge is 0.251 e. The minimum atomic E-state index is -0.585. The summed E-state index contributed by atoms with van der Waals surface area (Å²) < 4.78 is 37.1. The van der Waals surface area contributed by atoms with Crippen molar-refractivity contribution in [2.75, 3.05) is 7.11 Å². The van der Waals surface area contributed by atoms with Crippen LogP contribution in [-0.2, 0) is 13.2 Å². The molecule has 0 radical (unpaired) electrons. The maximum Gasteiger partial charge on any atom is 0.251 e. The number of hydrogen-bond acceptors (Lipinski definition) is 3. The lowest BCUT2D eigenvalue weighted by molar-refractivity contribution is 0.0950. The fourth-order valence-corrected chi connectivity index (χ4v) is 2.54. The minimum absolute atomic E-state index is 0.0905. The van der Waals surface area contributed by atoms with Crippen LogP contribution in [0.15, 0.2) is 66.7 Å². The van der Waals surface area contributed by atoms with Crippen molar-refractivity contribution in [3.05, 3.63) is 95.1 Å². The van der Waals surface area contributed by atoms with Gasteiger partial charge in [-0.05, 0) is 53.6 Å². The third kappa shape index (κ3) is 5.07. The first-order chi connectivity index (χ1) is 13.5. The van der Waals surface area contributed by atoms with Gasteiger partial charge in [0.2, 0.25) is 0 Å². The fraction of sp³-hybridized carbons (Fsp3) is 0.136. The van der Waals surface area contributed by atoms with Crippen molar-refractivity contribution in [2.24, 2.45) is 0 Å². The van der Waals surface area contributed by atoms with Crippen LogP contribution in [-0.4, -0.2) is 13.0 Å². The van der Waals surface area contributed by atoms with Crippen LogP contribution >= 0.6 is 0 Å². The molecule has 1 amide bonds. The first-order valence-corrected chi connectivity index (χ1v) is 8.63. The average molecular weight is 383 g/mol. The molecule has 3 rings (SSSR count). The second-order valence-corrected chi connectivity index (χ2v) is 6.09. The standard InChI is InChI=1S/C22H19F2NO3/c1-27-21-11-6-17(12-20(21)24)22(26)25-13-15-4-9-19(10-5-15)28-14-16-2-7-18(23)8-3-16/h2-12H,13-14H2,1H3,(H,25,26). The van der Waals surface area contributed by atoms with E-state index in [1.165, 1.54) is 31.4 Å². The van der Waals surface area contributed by atoms with Crippen molar-refractivity contribution in [1.29, 1.82) is 0 Å².